The molecule has 1 aliphatic rings. The smallest absolute Gasteiger partial charge is 0.413 e. The molecule has 1 N–H and O–H groups in total. The van der Waals surface area contributed by atoms with E-state index in [1.165, 1.54) is 32.7 Å². The fourth-order valence-corrected chi connectivity index (χ4v) is 2.38. The second-order valence-electron chi connectivity index (χ2n) is 5.65. The number of carbonyl (C=O) groups excluding carboxylic acids is 4. The van der Waals surface area contributed by atoms with Gasteiger partial charge in [0.15, 0.2) is 5.78 Å². The number of ether oxygens (including phenoxy) is 2. The van der Waals surface area contributed by atoms with Crippen LogP contribution in [0.25, 0.3) is 0 Å². The minimum atomic E-state index is -1.12. The summed E-state index contributed by atoms with van der Waals surface area (Å²) in [6.45, 7) is 4.14. The zero-order valence-electron chi connectivity index (χ0n) is 14.0. The number of ketones is 1. The van der Waals surface area contributed by atoms with E-state index in [9.17, 15) is 19.2 Å². The Labute approximate surface area is 135 Å². The van der Waals surface area contributed by atoms with Crippen molar-refractivity contribution in [3.8, 4) is 0 Å². The summed E-state index contributed by atoms with van der Waals surface area (Å²) >= 11 is 0. The van der Waals surface area contributed by atoms with E-state index >= 15 is 0 Å². The van der Waals surface area contributed by atoms with Crippen molar-refractivity contribution in [2.45, 2.75) is 64.8 Å². The Bertz CT molecular complexity index is 479. The highest BCUT2D eigenvalue weighted by Gasteiger charge is 2.31. The van der Waals surface area contributed by atoms with Gasteiger partial charge in [0.2, 0.25) is 12.2 Å². The van der Waals surface area contributed by atoms with Gasteiger partial charge in [-0.1, -0.05) is 6.42 Å². The molecular formula is C15H24N2O6. The molecule has 3 atom stereocenters. The first-order valence-corrected chi connectivity index (χ1v) is 7.66. The van der Waals surface area contributed by atoms with Gasteiger partial charge in [-0.15, -0.1) is 0 Å². The molecule has 0 bridgehead atoms. The van der Waals surface area contributed by atoms with Gasteiger partial charge in [0.05, 0.1) is 6.04 Å². The van der Waals surface area contributed by atoms with E-state index in [1.54, 1.807) is 0 Å². The maximum Gasteiger partial charge on any atom is 0.413 e. The third-order valence-corrected chi connectivity index (χ3v) is 3.60. The molecule has 0 radical (unpaired) electrons. The summed E-state index contributed by atoms with van der Waals surface area (Å²) in [7, 11) is 1.49. The molecule has 1 aliphatic carbocycles. The van der Waals surface area contributed by atoms with Gasteiger partial charge in [0, 0.05) is 27.3 Å². The van der Waals surface area contributed by atoms with E-state index in [0.717, 1.165) is 12.8 Å². The number of amides is 2. The van der Waals surface area contributed by atoms with E-state index in [-0.39, 0.29) is 11.7 Å². The summed E-state index contributed by atoms with van der Waals surface area (Å²) in [4.78, 5) is 47.7. The van der Waals surface area contributed by atoms with Gasteiger partial charge in [-0.2, -0.15) is 0 Å². The standard InChI is InChI=1S/C15H24N2O6/c1-9(16-10(2)18)14(20)22-11(3)23-15(21)17(4)12-7-5-6-8-13(12)19/h9,11-12H,5-8H2,1-4H3,(H,16,18). The van der Waals surface area contributed by atoms with Gasteiger partial charge in [-0.3, -0.25) is 9.59 Å². The number of esters is 1. The van der Waals surface area contributed by atoms with Crippen molar-refractivity contribution in [2.24, 2.45) is 0 Å². The SMILES string of the molecule is CC(=O)NC(C)C(=O)OC(C)OC(=O)N(C)C1CCCCC1=O. The quantitative estimate of drug-likeness (QED) is 0.596. The third kappa shape index (κ3) is 5.88. The summed E-state index contributed by atoms with van der Waals surface area (Å²) in [6, 6.07) is -1.33. The number of rotatable bonds is 5. The van der Waals surface area contributed by atoms with Crippen molar-refractivity contribution in [3.63, 3.8) is 0 Å². The first kappa shape index (κ1) is 18.9. The summed E-state index contributed by atoms with van der Waals surface area (Å²) in [5.74, 6) is -1.06. The van der Waals surface area contributed by atoms with Crippen LogP contribution in [0.2, 0.25) is 0 Å². The lowest BCUT2D eigenvalue weighted by molar-refractivity contribution is -0.169. The monoisotopic (exact) mass is 328 g/mol. The maximum atomic E-state index is 12.0. The van der Waals surface area contributed by atoms with Crippen molar-refractivity contribution in [3.05, 3.63) is 0 Å². The van der Waals surface area contributed by atoms with Crippen LogP contribution in [-0.4, -0.2) is 54.1 Å². The largest absolute Gasteiger partial charge is 0.424 e. The van der Waals surface area contributed by atoms with E-state index in [1.807, 2.05) is 0 Å². The van der Waals surface area contributed by atoms with Crippen LogP contribution in [0.1, 0.15) is 46.5 Å². The van der Waals surface area contributed by atoms with Gasteiger partial charge < -0.3 is 19.7 Å². The number of likely N-dealkylation sites (N-methyl/N-ethyl adjacent to an activating group) is 1. The first-order valence-electron chi connectivity index (χ1n) is 7.66. The molecule has 2 amide bonds. The Hall–Kier alpha value is -2.12. The Morgan fingerprint density at radius 3 is 2.43 bits per heavy atom. The Kier molecular flexibility index (Phi) is 6.99. The predicted molar refractivity (Wildman–Crippen MR) is 80.3 cm³/mol. The molecule has 0 heterocycles. The number of nitrogens with one attached hydrogen (secondary N) is 1. The molecule has 0 spiro atoms. The lowest BCUT2D eigenvalue weighted by Crippen LogP contribution is -2.45. The van der Waals surface area contributed by atoms with E-state index in [4.69, 9.17) is 9.47 Å². The minimum Gasteiger partial charge on any atom is -0.424 e. The highest BCUT2D eigenvalue weighted by molar-refractivity contribution is 5.88. The van der Waals surface area contributed by atoms with Crippen LogP contribution >= 0.6 is 0 Å². The van der Waals surface area contributed by atoms with Crippen LogP contribution in [0.15, 0.2) is 0 Å². The topological polar surface area (TPSA) is 102 Å². The molecule has 23 heavy (non-hydrogen) atoms. The lowest BCUT2D eigenvalue weighted by atomic mass is 9.93. The molecule has 1 saturated carbocycles. The van der Waals surface area contributed by atoms with E-state index in [0.29, 0.717) is 12.8 Å². The number of hydrogen-bond donors (Lipinski definition) is 1. The van der Waals surface area contributed by atoms with Gasteiger partial charge in [-0.05, 0) is 19.8 Å². The Balaban J connectivity index is 2.47. The molecule has 0 saturated heterocycles. The molecular weight excluding hydrogens is 304 g/mol. The fourth-order valence-electron chi connectivity index (χ4n) is 2.38. The van der Waals surface area contributed by atoms with Crippen molar-refractivity contribution < 1.29 is 28.7 Å². The number of Topliss-reactive ketones (excluding diaryl/α,β-unsaturated/α-hetero) is 1. The molecule has 1 rings (SSSR count). The highest BCUT2D eigenvalue weighted by atomic mass is 16.7. The molecule has 8 heteroatoms. The molecule has 0 aromatic carbocycles. The lowest BCUT2D eigenvalue weighted by Gasteiger charge is -2.30. The van der Waals surface area contributed by atoms with Crippen LogP contribution in [0, 0.1) is 0 Å². The van der Waals surface area contributed by atoms with Crippen molar-refractivity contribution in [2.75, 3.05) is 7.05 Å². The first-order chi connectivity index (χ1) is 10.7. The van der Waals surface area contributed by atoms with Crippen LogP contribution in [0.5, 0.6) is 0 Å². The molecule has 8 nitrogen and oxygen atoms in total. The van der Waals surface area contributed by atoms with Gasteiger partial charge in [0.1, 0.15) is 6.04 Å². The summed E-state index contributed by atoms with van der Waals surface area (Å²) in [6.07, 6.45) is 0.948. The second-order valence-corrected chi connectivity index (χ2v) is 5.65. The van der Waals surface area contributed by atoms with E-state index < -0.39 is 30.4 Å². The average molecular weight is 328 g/mol. The van der Waals surface area contributed by atoms with Crippen molar-refractivity contribution >= 4 is 23.8 Å². The molecule has 0 aromatic rings. The Morgan fingerprint density at radius 1 is 1.22 bits per heavy atom. The zero-order chi connectivity index (χ0) is 17.6. The van der Waals surface area contributed by atoms with Gasteiger partial charge in [-0.25, -0.2) is 9.59 Å². The fraction of sp³-hybridized carbons (Fsp3) is 0.733. The van der Waals surface area contributed by atoms with Gasteiger partial charge >= 0.3 is 12.1 Å². The maximum absolute atomic E-state index is 12.0. The number of carbonyl (C=O) groups is 4. The minimum absolute atomic E-state index is 0.0135. The third-order valence-electron chi connectivity index (χ3n) is 3.60. The summed E-state index contributed by atoms with van der Waals surface area (Å²) in [5.41, 5.74) is 0. The van der Waals surface area contributed by atoms with Crippen LogP contribution in [0.4, 0.5) is 4.79 Å². The molecule has 130 valence electrons. The van der Waals surface area contributed by atoms with E-state index in [2.05, 4.69) is 5.32 Å². The highest BCUT2D eigenvalue weighted by Crippen LogP contribution is 2.19. The predicted octanol–water partition coefficient (Wildman–Crippen LogP) is 0.980. The van der Waals surface area contributed by atoms with Crippen molar-refractivity contribution in [1.29, 1.82) is 0 Å². The zero-order valence-corrected chi connectivity index (χ0v) is 14.0. The average Bonchev–Trinajstić information content (AvgIpc) is 2.46. The number of hydrogen-bond acceptors (Lipinski definition) is 6. The van der Waals surface area contributed by atoms with Crippen LogP contribution < -0.4 is 5.32 Å². The molecule has 0 aromatic heterocycles. The second kappa shape index (κ2) is 8.50. The molecule has 1 fully saturated rings. The summed E-state index contributed by atoms with van der Waals surface area (Å²) < 4.78 is 9.96. The normalized spacial score (nSPS) is 20.2. The number of nitrogens with zero attached hydrogens (tertiary/aromatic N) is 1. The van der Waals surface area contributed by atoms with Crippen molar-refractivity contribution in [1.82, 2.24) is 10.2 Å². The van der Waals surface area contributed by atoms with Gasteiger partial charge in [0.25, 0.3) is 0 Å². The van der Waals surface area contributed by atoms with Crippen LogP contribution in [-0.2, 0) is 23.9 Å². The Morgan fingerprint density at radius 2 is 1.87 bits per heavy atom. The molecule has 3 unspecified atom stereocenters. The molecule has 0 aliphatic heterocycles. The summed E-state index contributed by atoms with van der Waals surface area (Å²) in [5, 5.41) is 2.37. The van der Waals surface area contributed by atoms with Crippen LogP contribution in [0.3, 0.4) is 0 Å².